The summed E-state index contributed by atoms with van der Waals surface area (Å²) in [4.78, 5) is 16.6. The van der Waals surface area contributed by atoms with Gasteiger partial charge >= 0.3 is 5.97 Å². The standard InChI is InChI=1S/C13H12ClNO2S2/c1-17-13(16)6-10-7-19-12(15-10)8-18-11-4-2-3-9(14)5-11/h2-5,7H,6,8H2,1H3. The van der Waals surface area contributed by atoms with E-state index in [0.29, 0.717) is 0 Å². The number of carbonyl (C=O) groups is 1. The lowest BCUT2D eigenvalue weighted by Gasteiger charge is -1.99. The molecule has 6 heteroatoms. The van der Waals surface area contributed by atoms with Crippen LogP contribution < -0.4 is 0 Å². The summed E-state index contributed by atoms with van der Waals surface area (Å²) in [5.74, 6) is 0.506. The Morgan fingerprint density at radius 3 is 3.11 bits per heavy atom. The van der Waals surface area contributed by atoms with E-state index in [1.807, 2.05) is 29.6 Å². The van der Waals surface area contributed by atoms with Crippen molar-refractivity contribution in [3.05, 3.63) is 45.4 Å². The number of ether oxygens (including phenoxy) is 1. The number of carbonyl (C=O) groups excluding carboxylic acids is 1. The molecule has 0 bridgehead atoms. The van der Waals surface area contributed by atoms with E-state index in [1.165, 1.54) is 7.11 Å². The van der Waals surface area contributed by atoms with E-state index in [4.69, 9.17) is 11.6 Å². The van der Waals surface area contributed by atoms with Gasteiger partial charge in [-0.3, -0.25) is 4.79 Å². The molecule has 0 N–H and O–H groups in total. The van der Waals surface area contributed by atoms with Crippen molar-refractivity contribution in [3.8, 4) is 0 Å². The molecular formula is C13H12ClNO2S2. The van der Waals surface area contributed by atoms with Crippen molar-refractivity contribution in [2.24, 2.45) is 0 Å². The fourth-order valence-electron chi connectivity index (χ4n) is 1.42. The van der Waals surface area contributed by atoms with Gasteiger partial charge in [-0.2, -0.15) is 0 Å². The van der Waals surface area contributed by atoms with E-state index in [2.05, 4.69) is 9.72 Å². The molecule has 0 radical (unpaired) electrons. The van der Waals surface area contributed by atoms with Gasteiger partial charge in [0.15, 0.2) is 0 Å². The van der Waals surface area contributed by atoms with Crippen LogP contribution in [0.4, 0.5) is 0 Å². The number of rotatable bonds is 5. The predicted molar refractivity (Wildman–Crippen MR) is 78.8 cm³/mol. The zero-order chi connectivity index (χ0) is 13.7. The Balaban J connectivity index is 1.91. The van der Waals surface area contributed by atoms with Gasteiger partial charge in [-0.25, -0.2) is 4.98 Å². The van der Waals surface area contributed by atoms with Gasteiger partial charge in [0.25, 0.3) is 0 Å². The van der Waals surface area contributed by atoms with Gasteiger partial charge in [-0.1, -0.05) is 17.7 Å². The highest BCUT2D eigenvalue weighted by Crippen LogP contribution is 2.26. The Kier molecular flexibility index (Phi) is 5.24. The summed E-state index contributed by atoms with van der Waals surface area (Å²) >= 11 is 9.15. The van der Waals surface area contributed by atoms with Crippen LogP contribution in [0.25, 0.3) is 0 Å². The monoisotopic (exact) mass is 313 g/mol. The molecule has 0 atom stereocenters. The van der Waals surface area contributed by atoms with Crippen LogP contribution in [0.3, 0.4) is 0 Å². The molecule has 0 fully saturated rings. The van der Waals surface area contributed by atoms with Crippen LogP contribution in [0.5, 0.6) is 0 Å². The first-order chi connectivity index (χ1) is 9.17. The molecule has 3 nitrogen and oxygen atoms in total. The number of benzene rings is 1. The molecule has 0 aliphatic heterocycles. The van der Waals surface area contributed by atoms with E-state index >= 15 is 0 Å². The molecule has 0 aliphatic carbocycles. The summed E-state index contributed by atoms with van der Waals surface area (Å²) in [6.45, 7) is 0. The average Bonchev–Trinajstić information content (AvgIpc) is 2.84. The van der Waals surface area contributed by atoms with Gasteiger partial charge in [0.1, 0.15) is 5.01 Å². The molecule has 2 aromatic rings. The van der Waals surface area contributed by atoms with Gasteiger partial charge in [-0.15, -0.1) is 23.1 Å². The Labute approximate surface area is 125 Å². The largest absolute Gasteiger partial charge is 0.469 e. The van der Waals surface area contributed by atoms with Gasteiger partial charge in [0.05, 0.1) is 25.0 Å². The fourth-order valence-corrected chi connectivity index (χ4v) is 3.44. The second-order valence-corrected chi connectivity index (χ2v) is 6.16. The lowest BCUT2D eigenvalue weighted by molar-refractivity contribution is -0.139. The van der Waals surface area contributed by atoms with Crippen LogP contribution in [0.15, 0.2) is 34.5 Å². The van der Waals surface area contributed by atoms with Crippen LogP contribution in [-0.2, 0) is 21.7 Å². The van der Waals surface area contributed by atoms with Crippen LogP contribution in [0.1, 0.15) is 10.7 Å². The van der Waals surface area contributed by atoms with Gasteiger partial charge in [0.2, 0.25) is 0 Å². The van der Waals surface area contributed by atoms with Gasteiger partial charge < -0.3 is 4.74 Å². The Hall–Kier alpha value is -1.04. The first-order valence-electron chi connectivity index (χ1n) is 5.56. The molecule has 1 aromatic heterocycles. The first-order valence-corrected chi connectivity index (χ1v) is 7.80. The smallest absolute Gasteiger partial charge is 0.311 e. The van der Waals surface area contributed by atoms with Crippen LogP contribution in [0, 0.1) is 0 Å². The summed E-state index contributed by atoms with van der Waals surface area (Å²) in [5, 5.41) is 3.62. The summed E-state index contributed by atoms with van der Waals surface area (Å²) in [6, 6.07) is 7.72. The molecule has 2 rings (SSSR count). The van der Waals surface area contributed by atoms with Crippen molar-refractivity contribution in [1.29, 1.82) is 0 Å². The zero-order valence-electron chi connectivity index (χ0n) is 10.3. The molecule has 1 aromatic carbocycles. The number of methoxy groups -OCH3 is 1. The third-order valence-corrected chi connectivity index (χ3v) is 4.63. The van der Waals surface area contributed by atoms with Crippen molar-refractivity contribution >= 4 is 40.7 Å². The maximum Gasteiger partial charge on any atom is 0.311 e. The average molecular weight is 314 g/mol. The highest BCUT2D eigenvalue weighted by atomic mass is 35.5. The lowest BCUT2D eigenvalue weighted by atomic mass is 10.3. The topological polar surface area (TPSA) is 39.2 Å². The highest BCUT2D eigenvalue weighted by Gasteiger charge is 2.08. The molecule has 1 heterocycles. The number of aromatic nitrogens is 1. The van der Waals surface area contributed by atoms with E-state index in [9.17, 15) is 4.79 Å². The minimum atomic E-state index is -0.264. The van der Waals surface area contributed by atoms with Crippen LogP contribution >= 0.6 is 34.7 Å². The molecule has 100 valence electrons. The number of hydrogen-bond acceptors (Lipinski definition) is 5. The number of hydrogen-bond donors (Lipinski definition) is 0. The third kappa shape index (κ3) is 4.53. The Bertz CT molecular complexity index is 571. The first kappa shape index (κ1) is 14.4. The van der Waals surface area contributed by atoms with Crippen molar-refractivity contribution in [1.82, 2.24) is 4.98 Å². The molecule has 0 unspecified atom stereocenters. The number of nitrogens with zero attached hydrogens (tertiary/aromatic N) is 1. The Morgan fingerprint density at radius 2 is 2.37 bits per heavy atom. The molecule has 0 amide bonds. The molecular weight excluding hydrogens is 302 g/mol. The summed E-state index contributed by atoms with van der Waals surface area (Å²) in [6.07, 6.45) is 0.231. The van der Waals surface area contributed by atoms with Crippen LogP contribution in [0.2, 0.25) is 5.02 Å². The SMILES string of the molecule is COC(=O)Cc1csc(CSc2cccc(Cl)c2)n1. The minimum absolute atomic E-state index is 0.231. The number of thioether (sulfide) groups is 1. The maximum atomic E-state index is 11.1. The second-order valence-electron chi connectivity index (χ2n) is 3.73. The number of thiazole rings is 1. The maximum absolute atomic E-state index is 11.1. The lowest BCUT2D eigenvalue weighted by Crippen LogP contribution is -2.04. The summed E-state index contributed by atoms with van der Waals surface area (Å²) in [7, 11) is 1.38. The van der Waals surface area contributed by atoms with Crippen molar-refractivity contribution < 1.29 is 9.53 Å². The van der Waals surface area contributed by atoms with Gasteiger partial charge in [-0.05, 0) is 18.2 Å². The molecule has 0 aliphatic rings. The molecule has 0 spiro atoms. The quantitative estimate of drug-likeness (QED) is 0.621. The van der Waals surface area contributed by atoms with E-state index in [-0.39, 0.29) is 12.4 Å². The van der Waals surface area contributed by atoms with Crippen molar-refractivity contribution in [2.75, 3.05) is 7.11 Å². The van der Waals surface area contributed by atoms with E-state index in [0.717, 1.165) is 26.4 Å². The number of halogens is 1. The highest BCUT2D eigenvalue weighted by molar-refractivity contribution is 7.98. The zero-order valence-corrected chi connectivity index (χ0v) is 12.6. The summed E-state index contributed by atoms with van der Waals surface area (Å²) in [5.41, 5.74) is 0.763. The van der Waals surface area contributed by atoms with E-state index in [1.54, 1.807) is 23.1 Å². The van der Waals surface area contributed by atoms with Crippen molar-refractivity contribution in [3.63, 3.8) is 0 Å². The summed E-state index contributed by atoms with van der Waals surface area (Å²) < 4.78 is 4.61. The molecule has 0 saturated carbocycles. The van der Waals surface area contributed by atoms with E-state index < -0.39 is 0 Å². The van der Waals surface area contributed by atoms with Crippen molar-refractivity contribution in [2.45, 2.75) is 17.1 Å². The van der Waals surface area contributed by atoms with Gasteiger partial charge in [0, 0.05) is 15.3 Å². The molecule has 19 heavy (non-hydrogen) atoms. The Morgan fingerprint density at radius 1 is 1.53 bits per heavy atom. The fraction of sp³-hybridized carbons (Fsp3) is 0.231. The second kappa shape index (κ2) is 6.93. The minimum Gasteiger partial charge on any atom is -0.469 e. The third-order valence-electron chi connectivity index (χ3n) is 2.31. The normalized spacial score (nSPS) is 10.4. The van der Waals surface area contributed by atoms with Crippen LogP contribution in [-0.4, -0.2) is 18.1 Å². The predicted octanol–water partition coefficient (Wildman–Crippen LogP) is 3.80. The number of esters is 1. The molecule has 0 saturated heterocycles.